The summed E-state index contributed by atoms with van der Waals surface area (Å²) in [6, 6.07) is 4.32. The van der Waals surface area contributed by atoms with Gasteiger partial charge in [0.1, 0.15) is 5.01 Å². The van der Waals surface area contributed by atoms with Crippen LogP contribution >= 0.6 is 34.3 Å². The summed E-state index contributed by atoms with van der Waals surface area (Å²) in [5, 5.41) is 13.6. The van der Waals surface area contributed by atoms with Crippen LogP contribution in [0.1, 0.15) is 18.9 Å². The summed E-state index contributed by atoms with van der Waals surface area (Å²) in [5.41, 5.74) is 0. The molecule has 16 heavy (non-hydrogen) atoms. The molecule has 1 N–H and O–H groups in total. The number of nitrogens with zero attached hydrogens (tertiary/aromatic N) is 2. The molecule has 0 aromatic carbocycles. The third kappa shape index (κ3) is 3.01. The number of halogens is 1. The molecule has 3 nitrogen and oxygen atoms in total. The summed E-state index contributed by atoms with van der Waals surface area (Å²) in [4.78, 5) is 1.08. The molecule has 0 aliphatic rings. The summed E-state index contributed by atoms with van der Waals surface area (Å²) in [5.74, 6) is 0. The standard InChI is InChI=1S/C10H12ClN3S2/c1-6(2)12-5-9-13-14-10(16-9)7-3-4-8(11)15-7/h3-4,6,12H,5H2,1-2H3. The Bertz CT molecular complexity index is 464. The Balaban J connectivity index is 2.07. The fraction of sp³-hybridized carbons (Fsp3) is 0.400. The maximum absolute atomic E-state index is 5.88. The normalized spacial score (nSPS) is 11.2. The number of hydrogen-bond acceptors (Lipinski definition) is 5. The van der Waals surface area contributed by atoms with E-state index >= 15 is 0 Å². The van der Waals surface area contributed by atoms with E-state index in [1.165, 1.54) is 11.3 Å². The van der Waals surface area contributed by atoms with Gasteiger partial charge in [0.25, 0.3) is 0 Å². The Kier molecular flexibility index (Phi) is 3.91. The van der Waals surface area contributed by atoms with Gasteiger partial charge in [-0.25, -0.2) is 0 Å². The molecule has 0 spiro atoms. The van der Waals surface area contributed by atoms with Gasteiger partial charge in [0.05, 0.1) is 9.21 Å². The third-order valence-corrected chi connectivity index (χ3v) is 4.24. The van der Waals surface area contributed by atoms with Gasteiger partial charge in [-0.3, -0.25) is 0 Å². The fourth-order valence-electron chi connectivity index (χ4n) is 1.15. The molecule has 6 heteroatoms. The van der Waals surface area contributed by atoms with E-state index in [1.807, 2.05) is 12.1 Å². The van der Waals surface area contributed by atoms with Crippen molar-refractivity contribution in [3.63, 3.8) is 0 Å². The van der Waals surface area contributed by atoms with Crippen molar-refractivity contribution in [3.8, 4) is 9.88 Å². The minimum absolute atomic E-state index is 0.462. The Morgan fingerprint density at radius 1 is 1.31 bits per heavy atom. The first-order valence-electron chi connectivity index (χ1n) is 4.96. The van der Waals surface area contributed by atoms with Crippen LogP contribution in [0, 0.1) is 0 Å². The van der Waals surface area contributed by atoms with Gasteiger partial charge >= 0.3 is 0 Å². The van der Waals surface area contributed by atoms with Crippen molar-refractivity contribution in [2.75, 3.05) is 0 Å². The van der Waals surface area contributed by atoms with Crippen LogP contribution < -0.4 is 5.32 Å². The second kappa shape index (κ2) is 5.23. The molecule has 0 radical (unpaired) electrons. The molecule has 2 aromatic rings. The van der Waals surface area contributed by atoms with Gasteiger partial charge < -0.3 is 5.32 Å². The SMILES string of the molecule is CC(C)NCc1nnc(-c2ccc(Cl)s2)s1. The number of rotatable bonds is 4. The van der Waals surface area contributed by atoms with Gasteiger partial charge in [-0.1, -0.05) is 36.8 Å². The van der Waals surface area contributed by atoms with Crippen LogP contribution in [0.2, 0.25) is 4.34 Å². The van der Waals surface area contributed by atoms with Crippen LogP contribution in [0.3, 0.4) is 0 Å². The molecule has 2 aromatic heterocycles. The lowest BCUT2D eigenvalue weighted by Gasteiger charge is -2.03. The maximum Gasteiger partial charge on any atom is 0.157 e. The molecule has 0 saturated heterocycles. The minimum atomic E-state index is 0.462. The molecule has 0 saturated carbocycles. The monoisotopic (exact) mass is 273 g/mol. The van der Waals surface area contributed by atoms with Crippen molar-refractivity contribution in [2.24, 2.45) is 0 Å². The number of aromatic nitrogens is 2. The van der Waals surface area contributed by atoms with Crippen LogP contribution in [-0.2, 0) is 6.54 Å². The van der Waals surface area contributed by atoms with Crippen LogP contribution in [-0.4, -0.2) is 16.2 Å². The molecule has 0 aliphatic carbocycles. The maximum atomic E-state index is 5.88. The molecule has 0 atom stereocenters. The highest BCUT2D eigenvalue weighted by atomic mass is 35.5. The molecule has 2 heterocycles. The first kappa shape index (κ1) is 12.0. The second-order valence-electron chi connectivity index (χ2n) is 3.64. The predicted molar refractivity (Wildman–Crippen MR) is 70.2 cm³/mol. The van der Waals surface area contributed by atoms with Crippen molar-refractivity contribution < 1.29 is 0 Å². The zero-order valence-electron chi connectivity index (χ0n) is 9.03. The van der Waals surface area contributed by atoms with E-state index in [-0.39, 0.29) is 0 Å². The van der Waals surface area contributed by atoms with Crippen LogP contribution in [0.15, 0.2) is 12.1 Å². The van der Waals surface area contributed by atoms with Crippen molar-refractivity contribution in [1.82, 2.24) is 15.5 Å². The van der Waals surface area contributed by atoms with E-state index < -0.39 is 0 Å². The Labute approximate surface area is 107 Å². The lowest BCUT2D eigenvalue weighted by atomic mass is 10.4. The molecular formula is C10H12ClN3S2. The minimum Gasteiger partial charge on any atom is -0.308 e. The van der Waals surface area contributed by atoms with Crippen molar-refractivity contribution in [1.29, 1.82) is 0 Å². The fourth-order valence-corrected chi connectivity index (χ4v) is 3.03. The number of hydrogen-bond donors (Lipinski definition) is 1. The molecule has 0 aliphatic heterocycles. The highest BCUT2D eigenvalue weighted by Gasteiger charge is 2.08. The largest absolute Gasteiger partial charge is 0.308 e. The van der Waals surface area contributed by atoms with Crippen LogP contribution in [0.4, 0.5) is 0 Å². The molecule has 0 fully saturated rings. The zero-order chi connectivity index (χ0) is 11.5. The van der Waals surface area contributed by atoms with Crippen molar-refractivity contribution >= 4 is 34.3 Å². The van der Waals surface area contributed by atoms with Gasteiger partial charge in [-0.2, -0.15) is 0 Å². The van der Waals surface area contributed by atoms with Gasteiger partial charge in [-0.05, 0) is 12.1 Å². The van der Waals surface area contributed by atoms with E-state index in [9.17, 15) is 0 Å². The summed E-state index contributed by atoms with van der Waals surface area (Å²) >= 11 is 9.02. The van der Waals surface area contributed by atoms with Crippen molar-refractivity contribution in [2.45, 2.75) is 26.4 Å². The van der Waals surface area contributed by atoms with E-state index in [1.54, 1.807) is 11.3 Å². The van der Waals surface area contributed by atoms with E-state index in [2.05, 4.69) is 29.4 Å². The first-order chi connectivity index (χ1) is 7.65. The molecule has 0 bridgehead atoms. The van der Waals surface area contributed by atoms with Gasteiger partial charge in [0, 0.05) is 12.6 Å². The van der Waals surface area contributed by atoms with E-state index in [0.717, 1.165) is 25.8 Å². The van der Waals surface area contributed by atoms with Crippen LogP contribution in [0.5, 0.6) is 0 Å². The Morgan fingerprint density at radius 2 is 2.12 bits per heavy atom. The second-order valence-corrected chi connectivity index (χ2v) is 6.42. The summed E-state index contributed by atoms with van der Waals surface area (Å²) in [7, 11) is 0. The highest BCUT2D eigenvalue weighted by molar-refractivity contribution is 7.23. The first-order valence-corrected chi connectivity index (χ1v) is 6.97. The average Bonchev–Trinajstić information content (AvgIpc) is 2.83. The van der Waals surface area contributed by atoms with Gasteiger partial charge in [-0.15, -0.1) is 21.5 Å². The topological polar surface area (TPSA) is 37.8 Å². The van der Waals surface area contributed by atoms with Crippen LogP contribution in [0.25, 0.3) is 9.88 Å². The molecule has 2 rings (SSSR count). The van der Waals surface area contributed by atoms with Gasteiger partial charge in [0.15, 0.2) is 5.01 Å². The molecule has 0 amide bonds. The Morgan fingerprint density at radius 3 is 2.75 bits per heavy atom. The zero-order valence-corrected chi connectivity index (χ0v) is 11.4. The van der Waals surface area contributed by atoms with E-state index in [4.69, 9.17) is 11.6 Å². The highest BCUT2D eigenvalue weighted by Crippen LogP contribution is 2.32. The number of nitrogens with one attached hydrogen (secondary N) is 1. The van der Waals surface area contributed by atoms with Gasteiger partial charge in [0.2, 0.25) is 0 Å². The summed E-state index contributed by atoms with van der Waals surface area (Å²) in [6.07, 6.45) is 0. The summed E-state index contributed by atoms with van der Waals surface area (Å²) in [6.45, 7) is 5.00. The quantitative estimate of drug-likeness (QED) is 0.928. The third-order valence-electron chi connectivity index (χ3n) is 1.91. The molecule has 0 unspecified atom stereocenters. The molecular weight excluding hydrogens is 262 g/mol. The Hall–Kier alpha value is -0.490. The molecule has 86 valence electrons. The average molecular weight is 274 g/mol. The smallest absolute Gasteiger partial charge is 0.157 e. The van der Waals surface area contributed by atoms with E-state index in [0.29, 0.717) is 6.04 Å². The lowest BCUT2D eigenvalue weighted by molar-refractivity contribution is 0.585. The lowest BCUT2D eigenvalue weighted by Crippen LogP contribution is -2.21. The summed E-state index contributed by atoms with van der Waals surface area (Å²) < 4.78 is 0.784. The van der Waals surface area contributed by atoms with Crippen molar-refractivity contribution in [3.05, 3.63) is 21.5 Å². The number of thiophene rings is 1. The predicted octanol–water partition coefficient (Wildman–Crippen LogP) is 3.42.